The van der Waals surface area contributed by atoms with E-state index in [9.17, 15) is 4.79 Å². The van der Waals surface area contributed by atoms with E-state index in [0.717, 1.165) is 44.9 Å². The van der Waals surface area contributed by atoms with Gasteiger partial charge < -0.3 is 24.8 Å². The highest BCUT2D eigenvalue weighted by Crippen LogP contribution is 2.31. The number of ether oxygens (including phenoxy) is 2. The molecule has 0 aliphatic carbocycles. The Kier molecular flexibility index (Phi) is 12.9. The van der Waals surface area contributed by atoms with Crippen molar-refractivity contribution < 1.29 is 29.6 Å². The molecule has 3 atom stereocenters. The van der Waals surface area contributed by atoms with E-state index in [0.29, 0.717) is 25.2 Å². The molecule has 0 spiro atoms. The third kappa shape index (κ3) is 12.3. The molecule has 0 amide bonds. The zero-order valence-electron chi connectivity index (χ0n) is 15.4. The van der Waals surface area contributed by atoms with Crippen LogP contribution in [0.5, 0.6) is 0 Å². The largest absolute Gasteiger partial charge is 0.463 e. The van der Waals surface area contributed by atoms with Gasteiger partial charge in [0, 0.05) is 13.0 Å². The zero-order chi connectivity index (χ0) is 18.3. The van der Waals surface area contributed by atoms with Gasteiger partial charge in [0.05, 0.1) is 18.8 Å². The van der Waals surface area contributed by atoms with Gasteiger partial charge in [0.2, 0.25) is 0 Å². The first-order chi connectivity index (χ1) is 12.2. The molecule has 1 rings (SSSR count). The predicted molar refractivity (Wildman–Crippen MR) is 95.2 cm³/mol. The van der Waals surface area contributed by atoms with E-state index in [1.807, 2.05) is 0 Å². The third-order valence-corrected chi connectivity index (χ3v) is 4.60. The Morgan fingerprint density at radius 1 is 0.880 bits per heavy atom. The highest BCUT2D eigenvalue weighted by Gasteiger charge is 2.36. The molecule has 0 aromatic carbocycles. The summed E-state index contributed by atoms with van der Waals surface area (Å²) in [5.74, 6) is -0.305. The molecule has 1 aliphatic heterocycles. The smallest absolute Gasteiger partial charge is 0.305 e. The van der Waals surface area contributed by atoms with E-state index in [1.165, 1.54) is 25.7 Å². The lowest BCUT2D eigenvalue weighted by Crippen LogP contribution is -2.21. The van der Waals surface area contributed by atoms with E-state index < -0.39 is 6.10 Å². The van der Waals surface area contributed by atoms with E-state index in [2.05, 4.69) is 0 Å². The summed E-state index contributed by atoms with van der Waals surface area (Å²) in [6.07, 6.45) is 12.3. The molecule has 0 aromatic rings. The molecule has 3 unspecified atom stereocenters. The second kappa shape index (κ2) is 14.5. The number of aliphatic hydroxyl groups is 3. The molecular weight excluding hydrogens is 324 g/mol. The van der Waals surface area contributed by atoms with Crippen LogP contribution in [-0.2, 0) is 14.3 Å². The van der Waals surface area contributed by atoms with Crippen molar-refractivity contribution in [2.24, 2.45) is 0 Å². The highest BCUT2D eigenvalue weighted by atomic mass is 16.6. The van der Waals surface area contributed by atoms with Crippen LogP contribution in [0.2, 0.25) is 0 Å². The maximum absolute atomic E-state index is 11.4. The number of aliphatic hydroxyl groups excluding tert-OH is 3. The standard InChI is InChI=1S/C19H36O6/c20-13-9-5-4-7-11-18-17(25-18)10-6-2-1-3-8-12-19(23)24-15-16(22)14-21/h16-18,20-22H,1-15H2. The molecule has 1 fully saturated rings. The summed E-state index contributed by atoms with van der Waals surface area (Å²) in [6, 6.07) is 0. The summed E-state index contributed by atoms with van der Waals surface area (Å²) >= 11 is 0. The van der Waals surface area contributed by atoms with Crippen LogP contribution in [0.15, 0.2) is 0 Å². The molecule has 1 aliphatic rings. The van der Waals surface area contributed by atoms with Gasteiger partial charge in [-0.05, 0) is 25.7 Å². The number of unbranched alkanes of at least 4 members (excludes halogenated alkanes) is 7. The number of hydrogen-bond donors (Lipinski definition) is 3. The Morgan fingerprint density at radius 3 is 2.04 bits per heavy atom. The summed E-state index contributed by atoms with van der Waals surface area (Å²) < 4.78 is 10.5. The minimum absolute atomic E-state index is 0.126. The van der Waals surface area contributed by atoms with Gasteiger partial charge in [0.1, 0.15) is 12.7 Å². The normalized spacial score (nSPS) is 20.4. The van der Waals surface area contributed by atoms with Gasteiger partial charge >= 0.3 is 5.97 Å². The van der Waals surface area contributed by atoms with E-state index in [-0.39, 0.29) is 19.2 Å². The molecule has 0 saturated carbocycles. The number of esters is 1. The summed E-state index contributed by atoms with van der Waals surface area (Å²) in [6.45, 7) is -0.210. The molecule has 0 radical (unpaired) electrons. The molecule has 6 heteroatoms. The topological polar surface area (TPSA) is 99.5 Å². The maximum Gasteiger partial charge on any atom is 0.305 e. The summed E-state index contributed by atoms with van der Waals surface area (Å²) in [7, 11) is 0. The van der Waals surface area contributed by atoms with Crippen LogP contribution in [0.4, 0.5) is 0 Å². The van der Waals surface area contributed by atoms with Gasteiger partial charge in [-0.2, -0.15) is 0 Å². The predicted octanol–water partition coefficient (Wildman–Crippen LogP) is 2.32. The van der Waals surface area contributed by atoms with Crippen molar-refractivity contribution in [1.29, 1.82) is 0 Å². The Bertz CT molecular complexity index is 336. The molecule has 148 valence electrons. The molecule has 0 bridgehead atoms. The average Bonchev–Trinajstić information content (AvgIpc) is 3.36. The fourth-order valence-electron chi connectivity index (χ4n) is 2.96. The maximum atomic E-state index is 11.4. The molecular formula is C19H36O6. The van der Waals surface area contributed by atoms with E-state index in [1.54, 1.807) is 0 Å². The first kappa shape index (κ1) is 22.4. The molecule has 0 aromatic heterocycles. The Balaban J connectivity index is 1.80. The fourth-order valence-corrected chi connectivity index (χ4v) is 2.96. The van der Waals surface area contributed by atoms with Crippen LogP contribution in [0, 0.1) is 0 Å². The number of epoxide rings is 1. The molecule has 3 N–H and O–H groups in total. The van der Waals surface area contributed by atoms with Gasteiger partial charge in [-0.3, -0.25) is 4.79 Å². The Morgan fingerprint density at radius 2 is 1.44 bits per heavy atom. The van der Waals surface area contributed by atoms with Crippen LogP contribution in [0.1, 0.15) is 77.0 Å². The molecule has 6 nitrogen and oxygen atoms in total. The van der Waals surface area contributed by atoms with E-state index in [4.69, 9.17) is 24.8 Å². The van der Waals surface area contributed by atoms with Crippen molar-refractivity contribution in [1.82, 2.24) is 0 Å². The number of rotatable bonds is 17. The summed E-state index contributed by atoms with van der Waals surface area (Å²) in [5.41, 5.74) is 0. The lowest BCUT2D eigenvalue weighted by molar-refractivity contribution is -0.147. The minimum Gasteiger partial charge on any atom is -0.463 e. The monoisotopic (exact) mass is 360 g/mol. The van der Waals surface area contributed by atoms with Crippen LogP contribution in [0.3, 0.4) is 0 Å². The highest BCUT2D eigenvalue weighted by molar-refractivity contribution is 5.69. The van der Waals surface area contributed by atoms with Gasteiger partial charge in [-0.1, -0.05) is 44.9 Å². The third-order valence-electron chi connectivity index (χ3n) is 4.60. The van der Waals surface area contributed by atoms with Gasteiger partial charge in [-0.15, -0.1) is 0 Å². The van der Waals surface area contributed by atoms with Crippen molar-refractivity contribution in [2.45, 2.75) is 95.4 Å². The van der Waals surface area contributed by atoms with Crippen LogP contribution in [0.25, 0.3) is 0 Å². The Hall–Kier alpha value is -0.690. The van der Waals surface area contributed by atoms with Crippen LogP contribution >= 0.6 is 0 Å². The van der Waals surface area contributed by atoms with E-state index >= 15 is 0 Å². The van der Waals surface area contributed by atoms with Gasteiger partial charge in [-0.25, -0.2) is 0 Å². The first-order valence-electron chi connectivity index (χ1n) is 9.88. The number of carbonyl (C=O) groups excluding carboxylic acids is 1. The summed E-state index contributed by atoms with van der Waals surface area (Å²) in [4.78, 5) is 11.4. The van der Waals surface area contributed by atoms with Gasteiger partial charge in [0.15, 0.2) is 0 Å². The molecule has 1 saturated heterocycles. The van der Waals surface area contributed by atoms with Crippen molar-refractivity contribution in [2.75, 3.05) is 19.8 Å². The fraction of sp³-hybridized carbons (Fsp3) is 0.947. The number of hydrogen-bond acceptors (Lipinski definition) is 6. The van der Waals surface area contributed by atoms with Crippen molar-refractivity contribution in [3.05, 3.63) is 0 Å². The van der Waals surface area contributed by atoms with Crippen molar-refractivity contribution in [3.63, 3.8) is 0 Å². The second-order valence-electron chi connectivity index (χ2n) is 6.97. The minimum atomic E-state index is -0.974. The van der Waals surface area contributed by atoms with Crippen molar-refractivity contribution in [3.8, 4) is 0 Å². The van der Waals surface area contributed by atoms with Gasteiger partial charge in [0.25, 0.3) is 0 Å². The molecule has 1 heterocycles. The quantitative estimate of drug-likeness (QED) is 0.209. The summed E-state index contributed by atoms with van der Waals surface area (Å²) in [5, 5.41) is 26.4. The van der Waals surface area contributed by atoms with Crippen LogP contribution < -0.4 is 0 Å². The average molecular weight is 360 g/mol. The van der Waals surface area contributed by atoms with Crippen LogP contribution in [-0.4, -0.2) is 59.4 Å². The second-order valence-corrected chi connectivity index (χ2v) is 6.97. The first-order valence-corrected chi connectivity index (χ1v) is 9.88. The lowest BCUT2D eigenvalue weighted by Gasteiger charge is -2.08. The number of carbonyl (C=O) groups is 1. The SMILES string of the molecule is O=C(CCCCCCCC1OC1CCCCCCO)OCC(O)CO. The van der Waals surface area contributed by atoms with Crippen molar-refractivity contribution >= 4 is 5.97 Å². The Labute approximate surface area is 151 Å². The zero-order valence-corrected chi connectivity index (χ0v) is 15.4. The molecule has 25 heavy (non-hydrogen) atoms. The lowest BCUT2D eigenvalue weighted by atomic mass is 10.0.